The molecule has 7 nitrogen and oxygen atoms in total. The summed E-state index contributed by atoms with van der Waals surface area (Å²) in [6.45, 7) is 4.88. The molecule has 7 heteroatoms. The summed E-state index contributed by atoms with van der Waals surface area (Å²) >= 11 is 0. The molecule has 1 amide bonds. The highest BCUT2D eigenvalue weighted by Crippen LogP contribution is 2.49. The minimum absolute atomic E-state index is 0.0642. The van der Waals surface area contributed by atoms with Gasteiger partial charge in [-0.2, -0.15) is 5.10 Å². The van der Waals surface area contributed by atoms with Crippen LogP contribution in [0.2, 0.25) is 0 Å². The van der Waals surface area contributed by atoms with Gasteiger partial charge in [0, 0.05) is 30.7 Å². The smallest absolute Gasteiger partial charge is 0.311 e. The van der Waals surface area contributed by atoms with Crippen LogP contribution in [-0.4, -0.2) is 49.7 Å². The second-order valence-electron chi connectivity index (χ2n) is 7.56. The van der Waals surface area contributed by atoms with Gasteiger partial charge in [-0.1, -0.05) is 6.42 Å². The number of carboxylic acid groups (broad SMARTS) is 1. The lowest BCUT2D eigenvalue weighted by Crippen LogP contribution is -2.37. The third-order valence-electron chi connectivity index (χ3n) is 5.75. The number of likely N-dealkylation sites (tertiary alicyclic amines) is 1. The maximum atomic E-state index is 12.9. The number of nitrogens with zero attached hydrogens (tertiary/aromatic N) is 4. The quantitative estimate of drug-likeness (QED) is 0.925. The number of hydrogen-bond donors (Lipinski definition) is 1. The molecule has 25 heavy (non-hydrogen) atoms. The summed E-state index contributed by atoms with van der Waals surface area (Å²) < 4.78 is 1.82. The minimum atomic E-state index is -0.767. The second kappa shape index (κ2) is 5.54. The maximum absolute atomic E-state index is 12.9. The summed E-state index contributed by atoms with van der Waals surface area (Å²) in [6, 6.07) is 2.00. The minimum Gasteiger partial charge on any atom is -0.481 e. The van der Waals surface area contributed by atoms with Crippen LogP contribution in [0.5, 0.6) is 0 Å². The topological polar surface area (TPSA) is 88.3 Å². The van der Waals surface area contributed by atoms with Crippen molar-refractivity contribution in [1.29, 1.82) is 0 Å². The van der Waals surface area contributed by atoms with E-state index in [-0.39, 0.29) is 17.9 Å². The van der Waals surface area contributed by atoms with E-state index in [0.717, 1.165) is 23.9 Å². The van der Waals surface area contributed by atoms with Crippen molar-refractivity contribution in [3.63, 3.8) is 0 Å². The molecule has 4 rings (SSSR count). The number of carbonyl (C=O) groups is 2. The van der Waals surface area contributed by atoms with Crippen molar-refractivity contribution < 1.29 is 14.7 Å². The summed E-state index contributed by atoms with van der Waals surface area (Å²) in [5.74, 6) is -0.840. The molecule has 2 aromatic heterocycles. The average molecular weight is 342 g/mol. The van der Waals surface area contributed by atoms with Crippen molar-refractivity contribution >= 4 is 22.9 Å². The van der Waals surface area contributed by atoms with Gasteiger partial charge in [0.15, 0.2) is 5.65 Å². The normalized spacial score (nSPS) is 25.7. The van der Waals surface area contributed by atoms with Gasteiger partial charge < -0.3 is 10.0 Å². The molecule has 1 aliphatic heterocycles. The zero-order chi connectivity index (χ0) is 17.8. The Bertz CT molecular complexity index is 859. The van der Waals surface area contributed by atoms with Crippen molar-refractivity contribution in [2.24, 2.45) is 11.3 Å². The van der Waals surface area contributed by atoms with Crippen molar-refractivity contribution in [2.45, 2.75) is 39.2 Å². The lowest BCUT2D eigenvalue weighted by Gasteiger charge is -2.23. The number of aliphatic carboxylic acids is 1. The highest BCUT2D eigenvalue weighted by Gasteiger charge is 2.55. The predicted octanol–water partition coefficient (Wildman–Crippen LogP) is 2.34. The van der Waals surface area contributed by atoms with Gasteiger partial charge in [0.25, 0.3) is 5.91 Å². The van der Waals surface area contributed by atoms with Crippen LogP contribution in [-0.2, 0) is 4.79 Å². The van der Waals surface area contributed by atoms with Crippen LogP contribution in [0.4, 0.5) is 0 Å². The highest BCUT2D eigenvalue weighted by atomic mass is 16.4. The molecule has 1 aliphatic carbocycles. The van der Waals surface area contributed by atoms with Gasteiger partial charge in [0.1, 0.15) is 0 Å². The molecule has 2 aliphatic rings. The number of rotatable bonds is 3. The van der Waals surface area contributed by atoms with Gasteiger partial charge in [-0.15, -0.1) is 0 Å². The highest BCUT2D eigenvalue weighted by molar-refractivity contribution is 5.97. The van der Waals surface area contributed by atoms with Gasteiger partial charge >= 0.3 is 5.97 Å². The maximum Gasteiger partial charge on any atom is 0.311 e. The van der Waals surface area contributed by atoms with E-state index in [1.165, 1.54) is 0 Å². The third-order valence-corrected chi connectivity index (χ3v) is 5.75. The molecule has 3 heterocycles. The second-order valence-corrected chi connectivity index (χ2v) is 7.56. The standard InChI is InChI=1S/C18H22N4O3/c1-11(2)22-15-12(8-20-22)6-13(7-19-15)16(23)21-9-14-4-3-5-18(14,10-21)17(24)25/h6-8,11,14H,3-5,9-10H2,1-2H3,(H,24,25)/t14-,18+/m0/s1. The van der Waals surface area contributed by atoms with Gasteiger partial charge in [0.05, 0.1) is 17.2 Å². The van der Waals surface area contributed by atoms with Crippen LogP contribution in [0.25, 0.3) is 11.0 Å². The van der Waals surface area contributed by atoms with Crippen LogP contribution >= 0.6 is 0 Å². The van der Waals surface area contributed by atoms with Crippen molar-refractivity contribution in [3.05, 3.63) is 24.0 Å². The Hall–Kier alpha value is -2.44. The largest absolute Gasteiger partial charge is 0.481 e. The summed E-state index contributed by atoms with van der Waals surface area (Å²) in [5, 5.41) is 14.8. The Morgan fingerprint density at radius 2 is 2.16 bits per heavy atom. The lowest BCUT2D eigenvalue weighted by molar-refractivity contribution is -0.149. The number of aromatic nitrogens is 3. The predicted molar refractivity (Wildman–Crippen MR) is 91.2 cm³/mol. The summed E-state index contributed by atoms with van der Waals surface area (Å²) in [5.41, 5.74) is 0.499. The summed E-state index contributed by atoms with van der Waals surface area (Å²) in [6.07, 6.45) is 5.77. The molecule has 0 unspecified atom stereocenters. The van der Waals surface area contributed by atoms with Crippen molar-refractivity contribution in [1.82, 2.24) is 19.7 Å². The molecular formula is C18H22N4O3. The first-order valence-corrected chi connectivity index (χ1v) is 8.78. The fourth-order valence-electron chi connectivity index (χ4n) is 4.41. The van der Waals surface area contributed by atoms with E-state index in [1.807, 2.05) is 18.5 Å². The number of pyridine rings is 1. The van der Waals surface area contributed by atoms with Crippen LogP contribution in [0.1, 0.15) is 49.5 Å². The molecule has 2 aromatic rings. The Morgan fingerprint density at radius 1 is 1.36 bits per heavy atom. The molecule has 2 atom stereocenters. The fourth-order valence-corrected chi connectivity index (χ4v) is 4.41. The molecule has 1 N–H and O–H groups in total. The third kappa shape index (κ3) is 2.33. The molecule has 0 spiro atoms. The molecule has 0 bridgehead atoms. The molecule has 132 valence electrons. The van der Waals surface area contributed by atoms with Crippen molar-refractivity contribution in [3.8, 4) is 0 Å². The van der Waals surface area contributed by atoms with E-state index < -0.39 is 11.4 Å². The number of amides is 1. The Balaban J connectivity index is 1.62. The van der Waals surface area contributed by atoms with E-state index in [1.54, 1.807) is 23.4 Å². The zero-order valence-corrected chi connectivity index (χ0v) is 14.5. The molecule has 0 radical (unpaired) electrons. The van der Waals surface area contributed by atoms with E-state index in [0.29, 0.717) is 25.1 Å². The van der Waals surface area contributed by atoms with Crippen LogP contribution in [0, 0.1) is 11.3 Å². The van der Waals surface area contributed by atoms with Crippen LogP contribution < -0.4 is 0 Å². The SMILES string of the molecule is CC(C)n1ncc2cc(C(=O)N3C[C@@H]4CCC[C@@]4(C(=O)O)C3)cnc21. The van der Waals surface area contributed by atoms with E-state index in [9.17, 15) is 14.7 Å². The molecule has 0 aromatic carbocycles. The van der Waals surface area contributed by atoms with Crippen LogP contribution in [0.15, 0.2) is 18.5 Å². The average Bonchev–Trinajstić information content (AvgIpc) is 3.25. The van der Waals surface area contributed by atoms with E-state index in [4.69, 9.17) is 0 Å². The molecular weight excluding hydrogens is 320 g/mol. The monoisotopic (exact) mass is 342 g/mol. The summed E-state index contributed by atoms with van der Waals surface area (Å²) in [7, 11) is 0. The Morgan fingerprint density at radius 3 is 2.84 bits per heavy atom. The zero-order valence-electron chi connectivity index (χ0n) is 14.5. The molecule has 2 fully saturated rings. The number of carboxylic acids is 1. The Labute approximate surface area is 145 Å². The first-order valence-electron chi connectivity index (χ1n) is 8.78. The lowest BCUT2D eigenvalue weighted by atomic mass is 9.81. The first-order chi connectivity index (χ1) is 11.9. The molecule has 1 saturated heterocycles. The van der Waals surface area contributed by atoms with Crippen molar-refractivity contribution in [2.75, 3.05) is 13.1 Å². The van der Waals surface area contributed by atoms with E-state index >= 15 is 0 Å². The fraction of sp³-hybridized carbons (Fsp3) is 0.556. The van der Waals surface area contributed by atoms with Gasteiger partial charge in [0.2, 0.25) is 0 Å². The van der Waals surface area contributed by atoms with E-state index in [2.05, 4.69) is 10.1 Å². The number of carbonyl (C=O) groups excluding carboxylic acids is 1. The first kappa shape index (κ1) is 16.1. The van der Waals surface area contributed by atoms with Gasteiger partial charge in [-0.3, -0.25) is 9.59 Å². The molecule has 1 saturated carbocycles. The summed E-state index contributed by atoms with van der Waals surface area (Å²) in [4.78, 5) is 30.8. The van der Waals surface area contributed by atoms with Crippen LogP contribution in [0.3, 0.4) is 0 Å². The van der Waals surface area contributed by atoms with Gasteiger partial charge in [-0.05, 0) is 38.7 Å². The number of hydrogen-bond acceptors (Lipinski definition) is 4. The number of fused-ring (bicyclic) bond motifs is 2. The Kier molecular flexibility index (Phi) is 3.56. The van der Waals surface area contributed by atoms with Gasteiger partial charge in [-0.25, -0.2) is 9.67 Å².